The number of nitrogens with one attached hydrogen (secondary N) is 1. The van der Waals surface area contributed by atoms with Crippen LogP contribution < -0.4 is 5.32 Å². The third-order valence-corrected chi connectivity index (χ3v) is 4.73. The van der Waals surface area contributed by atoms with Crippen LogP contribution in [-0.2, 0) is 14.3 Å². The lowest BCUT2D eigenvalue weighted by molar-refractivity contribution is -0.157. The van der Waals surface area contributed by atoms with E-state index in [0.717, 1.165) is 6.54 Å². The summed E-state index contributed by atoms with van der Waals surface area (Å²) < 4.78 is 5.15. The van der Waals surface area contributed by atoms with Crippen LogP contribution in [0.1, 0.15) is 32.6 Å². The Morgan fingerprint density at radius 2 is 1.90 bits per heavy atom. The van der Waals surface area contributed by atoms with Crippen molar-refractivity contribution in [1.82, 2.24) is 10.2 Å². The van der Waals surface area contributed by atoms with E-state index in [1.807, 2.05) is 6.92 Å². The molecule has 0 unspecified atom stereocenters. The molecule has 3 fully saturated rings. The number of ether oxygens (including phenoxy) is 1. The number of carboxylic acid groups (broad SMARTS) is 1. The first-order valence-electron chi connectivity index (χ1n) is 7.70. The summed E-state index contributed by atoms with van der Waals surface area (Å²) >= 11 is 0. The predicted octanol–water partition coefficient (Wildman–Crippen LogP) is 0.716. The van der Waals surface area contributed by atoms with Gasteiger partial charge in [-0.3, -0.25) is 9.59 Å². The number of amides is 1. The van der Waals surface area contributed by atoms with Crippen LogP contribution in [0, 0.1) is 10.8 Å². The molecule has 3 rings (SSSR count). The van der Waals surface area contributed by atoms with Crippen molar-refractivity contribution in [2.75, 3.05) is 39.4 Å². The van der Waals surface area contributed by atoms with Gasteiger partial charge in [-0.2, -0.15) is 0 Å². The number of carbonyl (C=O) groups excluding carboxylic acids is 1. The summed E-state index contributed by atoms with van der Waals surface area (Å²) in [5, 5.41) is 10.0. The SMILES string of the molecule is CC1(C(=O)NCC2(CN3CCCC3)CC2)COC1.O=CO. The minimum absolute atomic E-state index is 0.182. The Kier molecular flexibility index (Phi) is 5.22. The van der Waals surface area contributed by atoms with Crippen molar-refractivity contribution in [1.29, 1.82) is 0 Å². The first kappa shape index (κ1) is 16.2. The van der Waals surface area contributed by atoms with Crippen molar-refractivity contribution in [3.63, 3.8) is 0 Å². The Bertz CT molecular complexity index is 372. The summed E-state index contributed by atoms with van der Waals surface area (Å²) in [6, 6.07) is 0. The lowest BCUT2D eigenvalue weighted by Crippen LogP contribution is -2.53. The molecule has 120 valence electrons. The molecule has 0 spiro atoms. The molecule has 0 bridgehead atoms. The molecule has 0 atom stereocenters. The average molecular weight is 298 g/mol. The van der Waals surface area contributed by atoms with Crippen LogP contribution in [0.3, 0.4) is 0 Å². The van der Waals surface area contributed by atoms with Crippen LogP contribution in [0.2, 0.25) is 0 Å². The zero-order valence-electron chi connectivity index (χ0n) is 12.8. The highest BCUT2D eigenvalue weighted by molar-refractivity contribution is 5.83. The maximum Gasteiger partial charge on any atom is 0.290 e. The third-order valence-electron chi connectivity index (χ3n) is 4.73. The molecule has 1 aliphatic carbocycles. The molecule has 0 aromatic carbocycles. The van der Waals surface area contributed by atoms with Crippen molar-refractivity contribution < 1.29 is 19.4 Å². The minimum atomic E-state index is -0.260. The molecule has 21 heavy (non-hydrogen) atoms. The van der Waals surface area contributed by atoms with Crippen molar-refractivity contribution in [2.45, 2.75) is 32.6 Å². The highest BCUT2D eigenvalue weighted by Gasteiger charge is 2.46. The summed E-state index contributed by atoms with van der Waals surface area (Å²) in [5.74, 6) is 0.182. The lowest BCUT2D eigenvalue weighted by Gasteiger charge is -2.37. The van der Waals surface area contributed by atoms with E-state index < -0.39 is 0 Å². The van der Waals surface area contributed by atoms with Gasteiger partial charge in [0, 0.05) is 18.5 Å². The molecule has 0 radical (unpaired) electrons. The highest BCUT2D eigenvalue weighted by atomic mass is 16.5. The Balaban J connectivity index is 0.000000497. The van der Waals surface area contributed by atoms with Crippen LogP contribution in [0.5, 0.6) is 0 Å². The largest absolute Gasteiger partial charge is 0.483 e. The van der Waals surface area contributed by atoms with E-state index in [1.165, 1.54) is 45.3 Å². The summed E-state index contributed by atoms with van der Waals surface area (Å²) in [6.45, 7) is 7.45. The number of likely N-dealkylation sites (tertiary alicyclic amines) is 1. The number of carbonyl (C=O) groups is 2. The fourth-order valence-electron chi connectivity index (χ4n) is 3.00. The van der Waals surface area contributed by atoms with Gasteiger partial charge in [0.1, 0.15) is 0 Å². The van der Waals surface area contributed by atoms with E-state index in [0.29, 0.717) is 18.6 Å². The van der Waals surface area contributed by atoms with Gasteiger partial charge >= 0.3 is 0 Å². The van der Waals surface area contributed by atoms with Crippen LogP contribution in [0.25, 0.3) is 0 Å². The van der Waals surface area contributed by atoms with Crippen LogP contribution >= 0.6 is 0 Å². The van der Waals surface area contributed by atoms with Crippen molar-refractivity contribution in [3.05, 3.63) is 0 Å². The molecule has 6 heteroatoms. The first-order chi connectivity index (χ1) is 10.0. The molecule has 2 aliphatic heterocycles. The lowest BCUT2D eigenvalue weighted by atomic mass is 9.87. The van der Waals surface area contributed by atoms with Gasteiger partial charge in [-0.1, -0.05) is 0 Å². The second kappa shape index (κ2) is 6.75. The van der Waals surface area contributed by atoms with Gasteiger partial charge in [0.25, 0.3) is 6.47 Å². The van der Waals surface area contributed by atoms with Gasteiger partial charge in [0.2, 0.25) is 5.91 Å². The second-order valence-corrected chi connectivity index (χ2v) is 6.82. The topological polar surface area (TPSA) is 78.9 Å². The highest BCUT2D eigenvalue weighted by Crippen LogP contribution is 2.46. The van der Waals surface area contributed by atoms with E-state index >= 15 is 0 Å². The summed E-state index contributed by atoms with van der Waals surface area (Å²) in [6.07, 6.45) is 5.24. The van der Waals surface area contributed by atoms with E-state index in [4.69, 9.17) is 14.6 Å². The number of hydrogen-bond acceptors (Lipinski definition) is 4. The monoisotopic (exact) mass is 298 g/mol. The number of nitrogens with zero attached hydrogens (tertiary/aromatic N) is 1. The van der Waals surface area contributed by atoms with Gasteiger partial charge in [-0.25, -0.2) is 0 Å². The van der Waals surface area contributed by atoms with E-state index in [1.54, 1.807) is 0 Å². The van der Waals surface area contributed by atoms with E-state index in [2.05, 4.69) is 10.2 Å². The zero-order chi connectivity index (χ0) is 15.3. The van der Waals surface area contributed by atoms with Crippen LogP contribution in [0.4, 0.5) is 0 Å². The summed E-state index contributed by atoms with van der Waals surface area (Å²) in [5.41, 5.74) is 0.130. The average Bonchev–Trinajstić information content (AvgIpc) is 2.99. The third kappa shape index (κ3) is 4.17. The first-order valence-corrected chi connectivity index (χ1v) is 7.70. The van der Waals surface area contributed by atoms with E-state index in [-0.39, 0.29) is 17.8 Å². The second-order valence-electron chi connectivity index (χ2n) is 6.82. The number of rotatable bonds is 5. The Morgan fingerprint density at radius 1 is 1.33 bits per heavy atom. The smallest absolute Gasteiger partial charge is 0.290 e. The molecule has 1 saturated carbocycles. The molecule has 2 N–H and O–H groups in total. The van der Waals surface area contributed by atoms with Gasteiger partial charge in [0.15, 0.2) is 0 Å². The molecule has 1 amide bonds. The molecule has 0 aromatic rings. The number of hydrogen-bond donors (Lipinski definition) is 2. The normalized spacial score (nSPS) is 25.2. The predicted molar refractivity (Wildman–Crippen MR) is 78.0 cm³/mol. The van der Waals surface area contributed by atoms with Gasteiger partial charge < -0.3 is 20.1 Å². The molecule has 3 aliphatic rings. The molecule has 2 saturated heterocycles. The Labute approximate surface area is 125 Å². The maximum atomic E-state index is 12.1. The van der Waals surface area contributed by atoms with Crippen LogP contribution in [-0.4, -0.2) is 61.8 Å². The zero-order valence-corrected chi connectivity index (χ0v) is 12.8. The maximum absolute atomic E-state index is 12.1. The molecule has 6 nitrogen and oxygen atoms in total. The Morgan fingerprint density at radius 3 is 2.33 bits per heavy atom. The van der Waals surface area contributed by atoms with Crippen molar-refractivity contribution in [2.24, 2.45) is 10.8 Å². The summed E-state index contributed by atoms with van der Waals surface area (Å²) in [4.78, 5) is 23.0. The molecular weight excluding hydrogens is 272 g/mol. The Hall–Kier alpha value is -1.14. The fraction of sp³-hybridized carbons (Fsp3) is 0.867. The molecule has 2 heterocycles. The molecule has 0 aromatic heterocycles. The quantitative estimate of drug-likeness (QED) is 0.731. The fourth-order valence-corrected chi connectivity index (χ4v) is 3.00. The minimum Gasteiger partial charge on any atom is -0.483 e. The van der Waals surface area contributed by atoms with E-state index in [9.17, 15) is 4.79 Å². The van der Waals surface area contributed by atoms with Crippen molar-refractivity contribution in [3.8, 4) is 0 Å². The van der Waals surface area contributed by atoms with Crippen molar-refractivity contribution >= 4 is 12.4 Å². The van der Waals surface area contributed by atoms with Gasteiger partial charge in [0.05, 0.1) is 18.6 Å². The standard InChI is InChI=1S/C14H24N2O2.CH2O2/c1-13(10-18-11-13)12(17)15-8-14(4-5-14)9-16-6-2-3-7-16;2-1-3/h2-11H2,1H3,(H,15,17);1H,(H,2,3). The van der Waals surface area contributed by atoms with Gasteiger partial charge in [-0.05, 0) is 45.7 Å². The van der Waals surface area contributed by atoms with Crippen LogP contribution in [0.15, 0.2) is 0 Å². The van der Waals surface area contributed by atoms with Gasteiger partial charge in [-0.15, -0.1) is 0 Å². The molecular formula is C15H26N2O4. The summed E-state index contributed by atoms with van der Waals surface area (Å²) in [7, 11) is 0.